The van der Waals surface area contributed by atoms with Crippen LogP contribution in [0.5, 0.6) is 0 Å². The molecule has 0 atom stereocenters. The first-order valence-electron chi connectivity index (χ1n) is 6.58. The van der Waals surface area contributed by atoms with Crippen LogP contribution in [0.1, 0.15) is 12.8 Å². The zero-order valence-electron chi connectivity index (χ0n) is 12.2. The van der Waals surface area contributed by atoms with Crippen molar-refractivity contribution < 1.29 is 17.9 Å². The molecule has 0 aliphatic carbocycles. The molecule has 0 saturated heterocycles. The average Bonchev–Trinajstić information content (AvgIpc) is 2.45. The fourth-order valence-electron chi connectivity index (χ4n) is 1.74. The molecule has 1 aromatic rings. The van der Waals surface area contributed by atoms with Crippen LogP contribution < -0.4 is 0 Å². The summed E-state index contributed by atoms with van der Waals surface area (Å²) in [6.45, 7) is 1.12. The number of ether oxygens (including phenoxy) is 1. The Morgan fingerprint density at radius 1 is 1.29 bits per heavy atom. The molecule has 0 aliphatic rings. The summed E-state index contributed by atoms with van der Waals surface area (Å²) >= 11 is 5.73. The zero-order valence-corrected chi connectivity index (χ0v) is 13.8. The number of carbonyl (C=O) groups is 1. The van der Waals surface area contributed by atoms with Gasteiger partial charge in [-0.15, -0.1) is 0 Å². The van der Waals surface area contributed by atoms with E-state index in [0.717, 1.165) is 6.42 Å². The van der Waals surface area contributed by atoms with Crippen molar-refractivity contribution in [3.63, 3.8) is 0 Å². The lowest BCUT2D eigenvalue weighted by molar-refractivity contribution is -0.129. The SMILES string of the molecule is COCCCN(C)C(=O)CCS(=O)(=O)c1ccc(Cl)cc1. The van der Waals surface area contributed by atoms with Crippen LogP contribution in [0, 0.1) is 0 Å². The second-order valence-electron chi connectivity index (χ2n) is 4.68. The van der Waals surface area contributed by atoms with Crippen LogP contribution in [0.25, 0.3) is 0 Å². The van der Waals surface area contributed by atoms with Gasteiger partial charge in [-0.25, -0.2) is 8.42 Å². The topological polar surface area (TPSA) is 63.7 Å². The highest BCUT2D eigenvalue weighted by Gasteiger charge is 2.18. The van der Waals surface area contributed by atoms with Crippen molar-refractivity contribution in [2.75, 3.05) is 33.1 Å². The first-order chi connectivity index (χ1) is 9.86. The maximum absolute atomic E-state index is 12.1. The van der Waals surface area contributed by atoms with Gasteiger partial charge in [0.2, 0.25) is 5.91 Å². The van der Waals surface area contributed by atoms with Crippen LogP contribution in [-0.2, 0) is 19.4 Å². The second kappa shape index (κ2) is 8.36. The van der Waals surface area contributed by atoms with Crippen molar-refractivity contribution in [3.8, 4) is 0 Å². The molecule has 118 valence electrons. The van der Waals surface area contributed by atoms with Crippen molar-refractivity contribution in [1.29, 1.82) is 0 Å². The molecule has 0 heterocycles. The number of sulfone groups is 1. The van der Waals surface area contributed by atoms with Gasteiger partial charge in [0.25, 0.3) is 0 Å². The molecule has 0 fully saturated rings. The quantitative estimate of drug-likeness (QED) is 0.683. The van der Waals surface area contributed by atoms with Gasteiger partial charge >= 0.3 is 0 Å². The summed E-state index contributed by atoms with van der Waals surface area (Å²) in [6.07, 6.45) is 0.692. The largest absolute Gasteiger partial charge is 0.385 e. The van der Waals surface area contributed by atoms with Gasteiger partial charge in [0.1, 0.15) is 0 Å². The van der Waals surface area contributed by atoms with E-state index in [-0.39, 0.29) is 23.0 Å². The van der Waals surface area contributed by atoms with Gasteiger partial charge in [-0.1, -0.05) is 11.6 Å². The molecule has 1 rings (SSSR count). The normalized spacial score (nSPS) is 11.4. The van der Waals surface area contributed by atoms with E-state index in [0.29, 0.717) is 18.2 Å². The lowest BCUT2D eigenvalue weighted by Gasteiger charge is -2.16. The first kappa shape index (κ1) is 17.9. The van der Waals surface area contributed by atoms with Crippen molar-refractivity contribution >= 4 is 27.3 Å². The molecule has 1 amide bonds. The molecule has 0 radical (unpaired) electrons. The lowest BCUT2D eigenvalue weighted by Crippen LogP contribution is -2.29. The van der Waals surface area contributed by atoms with Gasteiger partial charge in [-0.05, 0) is 30.7 Å². The van der Waals surface area contributed by atoms with Crippen molar-refractivity contribution in [2.24, 2.45) is 0 Å². The van der Waals surface area contributed by atoms with Gasteiger partial charge < -0.3 is 9.64 Å². The number of carbonyl (C=O) groups excluding carboxylic acids is 1. The van der Waals surface area contributed by atoms with Gasteiger partial charge in [0.15, 0.2) is 9.84 Å². The molecule has 5 nitrogen and oxygen atoms in total. The first-order valence-corrected chi connectivity index (χ1v) is 8.61. The molecule has 7 heteroatoms. The summed E-state index contributed by atoms with van der Waals surface area (Å²) in [7, 11) is -0.204. The minimum Gasteiger partial charge on any atom is -0.385 e. The number of methoxy groups -OCH3 is 1. The summed E-state index contributed by atoms with van der Waals surface area (Å²) in [5.74, 6) is -0.397. The number of nitrogens with zero attached hydrogens (tertiary/aromatic N) is 1. The summed E-state index contributed by atoms with van der Waals surface area (Å²) in [6, 6.07) is 5.94. The molecule has 0 aromatic heterocycles. The van der Waals surface area contributed by atoms with E-state index >= 15 is 0 Å². The maximum atomic E-state index is 12.1. The number of benzene rings is 1. The lowest BCUT2D eigenvalue weighted by atomic mass is 10.3. The van der Waals surface area contributed by atoms with E-state index in [2.05, 4.69) is 0 Å². The molecule has 0 spiro atoms. The smallest absolute Gasteiger partial charge is 0.223 e. The molecule has 21 heavy (non-hydrogen) atoms. The van der Waals surface area contributed by atoms with Crippen molar-refractivity contribution in [1.82, 2.24) is 4.90 Å². The molecule has 0 aliphatic heterocycles. The Labute approximate surface area is 130 Å². The Morgan fingerprint density at radius 3 is 2.48 bits per heavy atom. The van der Waals surface area contributed by atoms with E-state index in [9.17, 15) is 13.2 Å². The van der Waals surface area contributed by atoms with Gasteiger partial charge in [0.05, 0.1) is 10.6 Å². The molecular weight excluding hydrogens is 314 g/mol. The highest BCUT2D eigenvalue weighted by molar-refractivity contribution is 7.91. The zero-order chi connectivity index (χ0) is 15.9. The maximum Gasteiger partial charge on any atom is 0.223 e. The van der Waals surface area contributed by atoms with E-state index in [1.807, 2.05) is 0 Å². The second-order valence-corrected chi connectivity index (χ2v) is 7.23. The molecule has 0 saturated carbocycles. The average molecular weight is 334 g/mol. The molecule has 0 bridgehead atoms. The Balaban J connectivity index is 2.53. The Morgan fingerprint density at radius 2 is 1.90 bits per heavy atom. The predicted octanol–water partition coefficient (Wildman–Crippen LogP) is 2.00. The van der Waals surface area contributed by atoms with E-state index < -0.39 is 9.84 Å². The fourth-order valence-corrected chi connectivity index (χ4v) is 3.10. The third kappa shape index (κ3) is 6.03. The minimum absolute atomic E-state index is 0.0333. The predicted molar refractivity (Wildman–Crippen MR) is 82.3 cm³/mol. The number of hydrogen-bond donors (Lipinski definition) is 0. The summed E-state index contributed by atoms with van der Waals surface area (Å²) in [5, 5.41) is 0.475. The summed E-state index contributed by atoms with van der Waals surface area (Å²) in [5.41, 5.74) is 0. The van der Waals surface area contributed by atoms with E-state index in [4.69, 9.17) is 16.3 Å². The third-order valence-electron chi connectivity index (χ3n) is 3.03. The highest BCUT2D eigenvalue weighted by atomic mass is 35.5. The Bertz CT molecular complexity index is 557. The fraction of sp³-hybridized carbons (Fsp3) is 0.500. The molecule has 1 aromatic carbocycles. The minimum atomic E-state index is -3.46. The van der Waals surface area contributed by atoms with Gasteiger partial charge in [-0.2, -0.15) is 0 Å². The Kier molecular flexibility index (Phi) is 7.14. The number of rotatable bonds is 8. The van der Waals surface area contributed by atoms with Crippen LogP contribution in [0.2, 0.25) is 5.02 Å². The number of amides is 1. The monoisotopic (exact) mass is 333 g/mol. The standard InChI is InChI=1S/C14H20ClNO4S/c1-16(9-3-10-20-2)14(17)8-11-21(18,19)13-6-4-12(15)5-7-13/h4-7H,3,8-11H2,1-2H3. The van der Waals surface area contributed by atoms with Crippen molar-refractivity contribution in [2.45, 2.75) is 17.7 Å². The highest BCUT2D eigenvalue weighted by Crippen LogP contribution is 2.16. The number of halogens is 1. The van der Waals surface area contributed by atoms with E-state index in [1.54, 1.807) is 14.2 Å². The molecular formula is C14H20ClNO4S. The van der Waals surface area contributed by atoms with Gasteiger partial charge in [-0.3, -0.25) is 4.79 Å². The van der Waals surface area contributed by atoms with E-state index in [1.165, 1.54) is 29.2 Å². The van der Waals surface area contributed by atoms with Crippen LogP contribution in [0.4, 0.5) is 0 Å². The van der Waals surface area contributed by atoms with Crippen LogP contribution >= 0.6 is 11.6 Å². The number of hydrogen-bond acceptors (Lipinski definition) is 4. The van der Waals surface area contributed by atoms with Crippen LogP contribution in [-0.4, -0.2) is 52.3 Å². The van der Waals surface area contributed by atoms with Crippen LogP contribution in [0.3, 0.4) is 0 Å². The molecule has 0 N–H and O–H groups in total. The summed E-state index contributed by atoms with van der Waals surface area (Å²) in [4.78, 5) is 13.6. The van der Waals surface area contributed by atoms with Crippen LogP contribution in [0.15, 0.2) is 29.2 Å². The van der Waals surface area contributed by atoms with Gasteiger partial charge in [0, 0.05) is 38.8 Å². The summed E-state index contributed by atoms with van der Waals surface area (Å²) < 4.78 is 29.1. The Hall–Kier alpha value is -1.11. The third-order valence-corrected chi connectivity index (χ3v) is 5.01. The molecule has 0 unspecified atom stereocenters. The van der Waals surface area contributed by atoms with Crippen molar-refractivity contribution in [3.05, 3.63) is 29.3 Å².